The van der Waals surface area contributed by atoms with Gasteiger partial charge < -0.3 is 0 Å². The summed E-state index contributed by atoms with van der Waals surface area (Å²) in [5.74, 6) is 0. The van der Waals surface area contributed by atoms with Gasteiger partial charge in [0.1, 0.15) is 0 Å². The summed E-state index contributed by atoms with van der Waals surface area (Å²) in [6.07, 6.45) is 0. The van der Waals surface area contributed by atoms with Gasteiger partial charge in [-0.15, -0.1) is 0 Å². The first-order chi connectivity index (χ1) is 22.8. The lowest BCUT2D eigenvalue weighted by atomic mass is 9.89. The van der Waals surface area contributed by atoms with Gasteiger partial charge in [0.25, 0.3) is 0 Å². The number of hydrogen-bond acceptors (Lipinski definition) is 1. The fourth-order valence-corrected chi connectivity index (χ4v) is 7.09. The van der Waals surface area contributed by atoms with E-state index in [1.165, 1.54) is 60.8 Å². The SMILES string of the molecule is c1ccc(-c2cc(-c3cccc(-c4ccccc4-c4ccc5c6c(cccc46)-c4ccccc4-5)c3)cc(-c3ccccc3)n2)cc1. The van der Waals surface area contributed by atoms with Crippen LogP contribution in [0.3, 0.4) is 0 Å². The molecule has 0 N–H and O–H groups in total. The molecule has 8 aromatic rings. The predicted molar refractivity (Wildman–Crippen MR) is 193 cm³/mol. The van der Waals surface area contributed by atoms with Gasteiger partial charge in [0.2, 0.25) is 0 Å². The molecule has 9 rings (SSSR count). The highest BCUT2D eigenvalue weighted by Gasteiger charge is 2.23. The second-order valence-electron chi connectivity index (χ2n) is 11.9. The summed E-state index contributed by atoms with van der Waals surface area (Å²) >= 11 is 0. The van der Waals surface area contributed by atoms with Gasteiger partial charge in [-0.1, -0.05) is 158 Å². The molecule has 1 aliphatic carbocycles. The second kappa shape index (κ2) is 10.8. The van der Waals surface area contributed by atoms with Gasteiger partial charge in [-0.3, -0.25) is 0 Å². The van der Waals surface area contributed by atoms with E-state index >= 15 is 0 Å². The van der Waals surface area contributed by atoms with Crippen LogP contribution < -0.4 is 0 Å². The number of pyridine rings is 1. The fourth-order valence-electron chi connectivity index (χ4n) is 7.09. The molecule has 214 valence electrons. The first-order valence-electron chi connectivity index (χ1n) is 15.8. The van der Waals surface area contributed by atoms with Crippen LogP contribution in [0.15, 0.2) is 176 Å². The molecule has 0 bridgehead atoms. The van der Waals surface area contributed by atoms with E-state index in [1.807, 2.05) is 12.1 Å². The van der Waals surface area contributed by atoms with E-state index in [0.29, 0.717) is 0 Å². The van der Waals surface area contributed by atoms with Crippen molar-refractivity contribution < 1.29 is 0 Å². The molecule has 0 spiro atoms. The highest BCUT2D eigenvalue weighted by atomic mass is 14.7. The molecule has 0 amide bonds. The third-order valence-corrected chi connectivity index (χ3v) is 9.24. The van der Waals surface area contributed by atoms with Crippen LogP contribution in [-0.4, -0.2) is 4.98 Å². The lowest BCUT2D eigenvalue weighted by Crippen LogP contribution is -1.92. The Balaban J connectivity index is 1.19. The van der Waals surface area contributed by atoms with Crippen LogP contribution in [0.1, 0.15) is 0 Å². The molecule has 0 fully saturated rings. The minimum atomic E-state index is 0.969. The van der Waals surface area contributed by atoms with Crippen LogP contribution in [-0.2, 0) is 0 Å². The molecule has 1 nitrogen and oxygen atoms in total. The quantitative estimate of drug-likeness (QED) is 0.196. The number of rotatable bonds is 5. The number of aromatic nitrogens is 1. The van der Waals surface area contributed by atoms with E-state index < -0.39 is 0 Å². The van der Waals surface area contributed by atoms with Crippen LogP contribution in [0.5, 0.6) is 0 Å². The normalized spacial score (nSPS) is 11.5. The second-order valence-corrected chi connectivity index (χ2v) is 11.9. The molecule has 0 radical (unpaired) electrons. The third-order valence-electron chi connectivity index (χ3n) is 9.24. The topological polar surface area (TPSA) is 12.9 Å². The van der Waals surface area contributed by atoms with E-state index in [4.69, 9.17) is 4.98 Å². The van der Waals surface area contributed by atoms with Crippen LogP contribution >= 0.6 is 0 Å². The van der Waals surface area contributed by atoms with Crippen molar-refractivity contribution in [3.05, 3.63) is 176 Å². The van der Waals surface area contributed by atoms with Crippen molar-refractivity contribution in [2.75, 3.05) is 0 Å². The van der Waals surface area contributed by atoms with Gasteiger partial charge in [-0.2, -0.15) is 0 Å². The van der Waals surface area contributed by atoms with Crippen molar-refractivity contribution in [1.29, 1.82) is 0 Å². The van der Waals surface area contributed by atoms with Gasteiger partial charge in [-0.05, 0) is 84.6 Å². The van der Waals surface area contributed by atoms with E-state index in [-0.39, 0.29) is 0 Å². The maximum Gasteiger partial charge on any atom is 0.0715 e. The summed E-state index contributed by atoms with van der Waals surface area (Å²) in [6.45, 7) is 0. The molecule has 1 heterocycles. The molecule has 0 unspecified atom stereocenters. The summed E-state index contributed by atoms with van der Waals surface area (Å²) in [6, 6.07) is 63.2. The van der Waals surface area contributed by atoms with Crippen molar-refractivity contribution in [3.63, 3.8) is 0 Å². The van der Waals surface area contributed by atoms with Crippen molar-refractivity contribution in [2.45, 2.75) is 0 Å². The molecular formula is C45H29N. The van der Waals surface area contributed by atoms with E-state index in [9.17, 15) is 0 Å². The van der Waals surface area contributed by atoms with Crippen LogP contribution in [0, 0.1) is 0 Å². The zero-order chi connectivity index (χ0) is 30.5. The number of hydrogen-bond donors (Lipinski definition) is 0. The molecule has 7 aromatic carbocycles. The Kier molecular flexibility index (Phi) is 6.21. The zero-order valence-corrected chi connectivity index (χ0v) is 25.2. The Hall–Kier alpha value is -6.05. The third kappa shape index (κ3) is 4.37. The van der Waals surface area contributed by atoms with Crippen molar-refractivity contribution in [3.8, 4) is 78.1 Å². The molecular weight excluding hydrogens is 555 g/mol. The largest absolute Gasteiger partial charge is 0.248 e. The van der Waals surface area contributed by atoms with Crippen molar-refractivity contribution >= 4 is 10.8 Å². The van der Waals surface area contributed by atoms with Gasteiger partial charge in [0, 0.05) is 11.1 Å². The smallest absolute Gasteiger partial charge is 0.0715 e. The first kappa shape index (κ1) is 26.4. The van der Waals surface area contributed by atoms with Gasteiger partial charge >= 0.3 is 0 Å². The molecule has 1 heteroatoms. The molecule has 0 saturated heterocycles. The van der Waals surface area contributed by atoms with Crippen molar-refractivity contribution in [1.82, 2.24) is 4.98 Å². The van der Waals surface area contributed by atoms with Crippen LogP contribution in [0.4, 0.5) is 0 Å². The summed E-state index contributed by atoms with van der Waals surface area (Å²) in [4.78, 5) is 5.10. The van der Waals surface area contributed by atoms with E-state index in [0.717, 1.165) is 28.1 Å². The fraction of sp³-hybridized carbons (Fsp3) is 0. The van der Waals surface area contributed by atoms with Gasteiger partial charge in [0.15, 0.2) is 0 Å². The molecule has 0 saturated carbocycles. The lowest BCUT2D eigenvalue weighted by molar-refractivity contribution is 1.32. The summed E-state index contributed by atoms with van der Waals surface area (Å²) in [7, 11) is 0. The molecule has 0 aliphatic heterocycles. The lowest BCUT2D eigenvalue weighted by Gasteiger charge is -2.15. The highest BCUT2D eigenvalue weighted by Crippen LogP contribution is 2.50. The zero-order valence-electron chi connectivity index (χ0n) is 25.2. The Morgan fingerprint density at radius 1 is 0.261 bits per heavy atom. The summed E-state index contributed by atoms with van der Waals surface area (Å²) in [5.41, 5.74) is 16.7. The van der Waals surface area contributed by atoms with Crippen LogP contribution in [0.25, 0.3) is 88.9 Å². The average molecular weight is 584 g/mol. The Morgan fingerprint density at radius 3 is 1.37 bits per heavy atom. The van der Waals surface area contributed by atoms with Crippen molar-refractivity contribution in [2.24, 2.45) is 0 Å². The summed E-state index contributed by atoms with van der Waals surface area (Å²) < 4.78 is 0. The average Bonchev–Trinajstić information content (AvgIpc) is 3.47. The highest BCUT2D eigenvalue weighted by molar-refractivity contribution is 6.19. The Morgan fingerprint density at radius 2 is 0.717 bits per heavy atom. The van der Waals surface area contributed by atoms with E-state index in [1.54, 1.807) is 0 Å². The molecule has 1 aliphatic rings. The van der Waals surface area contributed by atoms with Gasteiger partial charge in [0.05, 0.1) is 11.4 Å². The van der Waals surface area contributed by atoms with E-state index in [2.05, 4.69) is 164 Å². The summed E-state index contributed by atoms with van der Waals surface area (Å²) in [5, 5.41) is 2.65. The molecule has 0 atom stereocenters. The standard InChI is InChI=1S/C45H29N/c1-3-13-30(14-4-1)43-28-34(29-44(46-43)31-15-5-2-6-16-31)32-17-11-18-33(27-32)35-19-7-8-20-36(35)39-25-26-42-38-22-10-9-21-37(38)40-23-12-24-41(39)45(40)42/h1-29H. The molecule has 1 aromatic heterocycles. The predicted octanol–water partition coefficient (Wildman–Crippen LogP) is 12.2. The van der Waals surface area contributed by atoms with Crippen LogP contribution in [0.2, 0.25) is 0 Å². The number of fused-ring (bicyclic) bond motifs is 3. The maximum atomic E-state index is 5.10. The minimum absolute atomic E-state index is 0.969. The maximum absolute atomic E-state index is 5.10. The number of benzene rings is 7. The number of nitrogens with zero attached hydrogens (tertiary/aromatic N) is 1. The first-order valence-corrected chi connectivity index (χ1v) is 15.8. The monoisotopic (exact) mass is 583 g/mol. The Labute approximate surface area is 269 Å². The Bertz CT molecular complexity index is 2320. The minimum Gasteiger partial charge on any atom is -0.248 e. The molecule has 46 heavy (non-hydrogen) atoms. The van der Waals surface area contributed by atoms with Gasteiger partial charge in [-0.25, -0.2) is 4.98 Å².